The van der Waals surface area contributed by atoms with Gasteiger partial charge in [-0.15, -0.1) is 11.3 Å². The molecule has 0 bridgehead atoms. The number of aryl methyl sites for hydroxylation is 1. The zero-order valence-electron chi connectivity index (χ0n) is 18.4. The average molecular weight is 463 g/mol. The van der Waals surface area contributed by atoms with Crippen LogP contribution in [0.5, 0.6) is 0 Å². The van der Waals surface area contributed by atoms with Crippen molar-refractivity contribution < 1.29 is 4.79 Å². The van der Waals surface area contributed by atoms with E-state index in [1.165, 1.54) is 28.0 Å². The van der Waals surface area contributed by atoms with Gasteiger partial charge in [-0.05, 0) is 46.5 Å². The van der Waals surface area contributed by atoms with E-state index in [1.54, 1.807) is 11.8 Å². The van der Waals surface area contributed by atoms with Crippen molar-refractivity contribution >= 4 is 39.9 Å². The van der Waals surface area contributed by atoms with Crippen molar-refractivity contribution in [1.82, 2.24) is 10.3 Å². The van der Waals surface area contributed by atoms with Crippen LogP contribution in [-0.4, -0.2) is 22.3 Å². The van der Waals surface area contributed by atoms with Gasteiger partial charge in [-0.2, -0.15) is 5.10 Å². The van der Waals surface area contributed by atoms with Crippen LogP contribution < -0.4 is 10.3 Å². The van der Waals surface area contributed by atoms with Gasteiger partial charge in [0, 0.05) is 12.3 Å². The summed E-state index contributed by atoms with van der Waals surface area (Å²) in [7, 11) is 0. The van der Waals surface area contributed by atoms with Crippen molar-refractivity contribution in [2.75, 3.05) is 4.90 Å². The molecular weight excluding hydrogens is 436 g/mol. The molecule has 0 radical (unpaired) electrons. The Labute approximate surface area is 197 Å². The van der Waals surface area contributed by atoms with Gasteiger partial charge in [0.25, 0.3) is 5.91 Å². The standard InChI is InChI=1S/C25H26N4OS2/c1-16(2)19-10-8-18(9-11-19)14-28-23(30)22-21(12-13-31-22)29-24(28)26-27-25(29)32-15-20-7-5-4-6-17(20)3/h4-13,16,24,26H,14-15H2,1-3H3. The number of anilines is 1. The van der Waals surface area contributed by atoms with Crippen molar-refractivity contribution in [3.05, 3.63) is 87.1 Å². The van der Waals surface area contributed by atoms with Gasteiger partial charge in [0.2, 0.25) is 6.29 Å². The Morgan fingerprint density at radius 3 is 2.66 bits per heavy atom. The largest absolute Gasteiger partial charge is 0.294 e. The molecule has 1 amide bonds. The van der Waals surface area contributed by atoms with Crippen LogP contribution in [-0.2, 0) is 12.3 Å². The Kier molecular flexibility index (Phi) is 5.69. The summed E-state index contributed by atoms with van der Waals surface area (Å²) in [4.78, 5) is 18.2. The zero-order chi connectivity index (χ0) is 22.2. The number of thiophene rings is 1. The molecule has 2 aromatic carbocycles. The molecule has 3 heterocycles. The topological polar surface area (TPSA) is 47.9 Å². The third-order valence-electron chi connectivity index (χ3n) is 6.00. The van der Waals surface area contributed by atoms with Crippen molar-refractivity contribution in [3.63, 3.8) is 0 Å². The van der Waals surface area contributed by atoms with E-state index in [0.29, 0.717) is 12.5 Å². The van der Waals surface area contributed by atoms with Crippen molar-refractivity contribution in [2.24, 2.45) is 5.10 Å². The first-order chi connectivity index (χ1) is 15.5. The van der Waals surface area contributed by atoms with Crippen molar-refractivity contribution in [1.29, 1.82) is 0 Å². The van der Waals surface area contributed by atoms with Gasteiger partial charge in [-0.25, -0.2) is 0 Å². The van der Waals surface area contributed by atoms with E-state index in [4.69, 9.17) is 0 Å². The number of hydrogen-bond acceptors (Lipinski definition) is 6. The average Bonchev–Trinajstić information content (AvgIpc) is 3.43. The number of fused-ring (bicyclic) bond motifs is 3. The smallest absolute Gasteiger partial charge is 0.269 e. The molecular formula is C25H26N4OS2. The Morgan fingerprint density at radius 2 is 1.91 bits per heavy atom. The Morgan fingerprint density at radius 1 is 1.12 bits per heavy atom. The maximum Gasteiger partial charge on any atom is 0.269 e. The number of hydrazone groups is 1. The van der Waals surface area contributed by atoms with Gasteiger partial charge in [0.1, 0.15) is 4.88 Å². The lowest BCUT2D eigenvalue weighted by Gasteiger charge is -2.39. The normalized spacial score (nSPS) is 17.3. The summed E-state index contributed by atoms with van der Waals surface area (Å²) in [6.45, 7) is 7.05. The highest BCUT2D eigenvalue weighted by atomic mass is 32.2. The number of rotatable bonds is 5. The molecule has 0 spiro atoms. The first-order valence-corrected chi connectivity index (χ1v) is 12.7. The zero-order valence-corrected chi connectivity index (χ0v) is 20.0. The lowest BCUT2D eigenvalue weighted by molar-refractivity contribution is 0.0629. The highest BCUT2D eigenvalue weighted by Gasteiger charge is 2.43. The molecule has 1 aromatic heterocycles. The fraction of sp³-hybridized carbons (Fsp3) is 0.280. The molecule has 7 heteroatoms. The minimum Gasteiger partial charge on any atom is -0.294 e. The van der Waals surface area contributed by atoms with Gasteiger partial charge in [0.05, 0.1) is 5.69 Å². The van der Waals surface area contributed by atoms with Gasteiger partial charge in [-0.1, -0.05) is 74.1 Å². The lowest BCUT2D eigenvalue weighted by atomic mass is 10.0. The molecule has 164 valence electrons. The second-order valence-electron chi connectivity index (χ2n) is 8.45. The van der Waals surface area contributed by atoms with Crippen LogP contribution in [0.15, 0.2) is 65.1 Å². The summed E-state index contributed by atoms with van der Waals surface area (Å²) in [5.74, 6) is 1.38. The number of nitrogens with one attached hydrogen (secondary N) is 1. The minimum absolute atomic E-state index is 0.0528. The highest BCUT2D eigenvalue weighted by molar-refractivity contribution is 8.13. The predicted molar refractivity (Wildman–Crippen MR) is 134 cm³/mol. The molecule has 0 saturated carbocycles. The summed E-state index contributed by atoms with van der Waals surface area (Å²) < 4.78 is 0. The van der Waals surface area contributed by atoms with E-state index in [9.17, 15) is 4.79 Å². The number of nitrogens with zero attached hydrogens (tertiary/aromatic N) is 3. The van der Waals surface area contributed by atoms with Gasteiger partial charge < -0.3 is 0 Å². The Balaban J connectivity index is 1.39. The number of benzene rings is 2. The molecule has 0 fully saturated rings. The number of thioether (sulfide) groups is 1. The van der Waals surface area contributed by atoms with E-state index in [1.807, 2.05) is 16.3 Å². The van der Waals surface area contributed by atoms with Crippen LogP contribution in [0, 0.1) is 6.92 Å². The van der Waals surface area contributed by atoms with Crippen LogP contribution in [0.2, 0.25) is 0 Å². The van der Waals surface area contributed by atoms with Crippen LogP contribution >= 0.6 is 23.1 Å². The third kappa shape index (κ3) is 3.80. The molecule has 1 atom stereocenters. The summed E-state index contributed by atoms with van der Waals surface area (Å²) in [5.41, 5.74) is 9.16. The number of amidine groups is 1. The van der Waals surface area contributed by atoms with Crippen molar-refractivity contribution in [2.45, 2.75) is 45.3 Å². The van der Waals surface area contributed by atoms with Crippen LogP contribution in [0.4, 0.5) is 5.69 Å². The first-order valence-electron chi connectivity index (χ1n) is 10.8. The monoisotopic (exact) mass is 462 g/mol. The number of carbonyl (C=O) groups is 1. The van der Waals surface area contributed by atoms with E-state index in [0.717, 1.165) is 27.0 Å². The van der Waals surface area contributed by atoms with Gasteiger partial charge in [-0.3, -0.25) is 20.0 Å². The van der Waals surface area contributed by atoms with Crippen LogP contribution in [0.1, 0.15) is 51.7 Å². The predicted octanol–water partition coefficient (Wildman–Crippen LogP) is 5.73. The second kappa shape index (κ2) is 8.64. The quantitative estimate of drug-likeness (QED) is 0.526. The third-order valence-corrected chi connectivity index (χ3v) is 7.89. The molecule has 5 rings (SSSR count). The Hall–Kier alpha value is -2.77. The number of hydrogen-bond donors (Lipinski definition) is 1. The summed E-state index contributed by atoms with van der Waals surface area (Å²) in [6.07, 6.45) is -0.311. The van der Waals surface area contributed by atoms with E-state index in [-0.39, 0.29) is 12.2 Å². The van der Waals surface area contributed by atoms with E-state index in [2.05, 4.69) is 84.7 Å². The molecule has 1 unspecified atom stereocenters. The van der Waals surface area contributed by atoms with Crippen LogP contribution in [0.3, 0.4) is 0 Å². The maximum absolute atomic E-state index is 13.3. The molecule has 32 heavy (non-hydrogen) atoms. The number of amides is 1. The molecule has 3 aromatic rings. The van der Waals surface area contributed by atoms with E-state index < -0.39 is 0 Å². The molecule has 2 aliphatic heterocycles. The van der Waals surface area contributed by atoms with Gasteiger partial charge in [0.15, 0.2) is 5.17 Å². The SMILES string of the molecule is Cc1ccccc1CSC1=NNC2N(Cc3ccc(C(C)C)cc3)C(=O)c3sccc3N12. The van der Waals surface area contributed by atoms with Crippen LogP contribution in [0.25, 0.3) is 0 Å². The first kappa shape index (κ1) is 21.1. The fourth-order valence-electron chi connectivity index (χ4n) is 4.05. The summed E-state index contributed by atoms with van der Waals surface area (Å²) in [6, 6.07) is 19.0. The second-order valence-corrected chi connectivity index (χ2v) is 10.3. The summed E-state index contributed by atoms with van der Waals surface area (Å²) >= 11 is 3.20. The molecule has 0 aliphatic carbocycles. The maximum atomic E-state index is 13.3. The number of carbonyl (C=O) groups excluding carboxylic acids is 1. The summed E-state index contributed by atoms with van der Waals surface area (Å²) in [5, 5.41) is 7.52. The Bertz CT molecular complexity index is 1170. The van der Waals surface area contributed by atoms with E-state index >= 15 is 0 Å². The van der Waals surface area contributed by atoms with Crippen molar-refractivity contribution in [3.8, 4) is 0 Å². The lowest BCUT2D eigenvalue weighted by Crippen LogP contribution is -2.57. The highest BCUT2D eigenvalue weighted by Crippen LogP contribution is 2.39. The molecule has 1 N–H and O–H groups in total. The van der Waals surface area contributed by atoms with Gasteiger partial charge >= 0.3 is 0 Å². The molecule has 0 saturated heterocycles. The minimum atomic E-state index is -0.311. The molecule has 2 aliphatic rings. The molecule has 5 nitrogen and oxygen atoms in total. The fourth-order valence-corrected chi connectivity index (χ4v) is 5.95.